The van der Waals surface area contributed by atoms with E-state index in [4.69, 9.17) is 10.3 Å². The highest BCUT2D eigenvalue weighted by molar-refractivity contribution is 5.01. The Kier molecular flexibility index (Phi) is 4.11. The maximum Gasteiger partial charge on any atom is 0.228 e. The first kappa shape index (κ1) is 14.1. The lowest BCUT2D eigenvalue weighted by molar-refractivity contribution is 0.259. The van der Waals surface area contributed by atoms with E-state index in [0.29, 0.717) is 5.92 Å². The lowest BCUT2D eigenvalue weighted by Gasteiger charge is -2.31. The van der Waals surface area contributed by atoms with E-state index in [1.165, 1.54) is 44.9 Å². The van der Waals surface area contributed by atoms with Gasteiger partial charge in [0.1, 0.15) is 0 Å². The van der Waals surface area contributed by atoms with Gasteiger partial charge in [-0.05, 0) is 31.6 Å². The van der Waals surface area contributed by atoms with Crippen molar-refractivity contribution in [2.45, 2.75) is 82.6 Å². The molecule has 0 radical (unpaired) electrons. The summed E-state index contributed by atoms with van der Waals surface area (Å²) in [4.78, 5) is 4.65. The maximum atomic E-state index is 6.47. The van der Waals surface area contributed by atoms with Crippen molar-refractivity contribution in [3.63, 3.8) is 0 Å². The van der Waals surface area contributed by atoms with Crippen LogP contribution in [-0.4, -0.2) is 15.7 Å². The molecule has 2 aliphatic carbocycles. The van der Waals surface area contributed by atoms with Gasteiger partial charge in [-0.15, -0.1) is 0 Å². The topological polar surface area (TPSA) is 64.9 Å². The van der Waals surface area contributed by atoms with E-state index in [2.05, 4.69) is 17.1 Å². The molecule has 4 heteroatoms. The van der Waals surface area contributed by atoms with Crippen LogP contribution in [0.3, 0.4) is 0 Å². The van der Waals surface area contributed by atoms with Crippen LogP contribution in [0.2, 0.25) is 0 Å². The minimum absolute atomic E-state index is 0.109. The van der Waals surface area contributed by atoms with Gasteiger partial charge in [0.25, 0.3) is 0 Å². The van der Waals surface area contributed by atoms with Crippen molar-refractivity contribution in [3.05, 3.63) is 11.7 Å². The summed E-state index contributed by atoms with van der Waals surface area (Å²) in [5, 5.41) is 4.23. The Morgan fingerprint density at radius 1 is 1.20 bits per heavy atom. The van der Waals surface area contributed by atoms with Gasteiger partial charge in [0.05, 0.1) is 0 Å². The van der Waals surface area contributed by atoms with Crippen molar-refractivity contribution in [2.24, 2.45) is 11.7 Å². The van der Waals surface area contributed by atoms with Crippen LogP contribution in [0.5, 0.6) is 0 Å². The van der Waals surface area contributed by atoms with E-state index in [1.54, 1.807) is 0 Å². The second-order valence-corrected chi connectivity index (χ2v) is 7.11. The lowest BCUT2D eigenvalue weighted by atomic mass is 9.80. The Morgan fingerprint density at radius 3 is 2.75 bits per heavy atom. The summed E-state index contributed by atoms with van der Waals surface area (Å²) >= 11 is 0. The third-order valence-corrected chi connectivity index (χ3v) is 5.14. The van der Waals surface area contributed by atoms with Gasteiger partial charge in [-0.3, -0.25) is 0 Å². The number of hydrogen-bond acceptors (Lipinski definition) is 4. The fourth-order valence-corrected chi connectivity index (χ4v) is 3.91. The van der Waals surface area contributed by atoms with Crippen LogP contribution in [0.4, 0.5) is 0 Å². The quantitative estimate of drug-likeness (QED) is 0.917. The molecule has 2 aliphatic rings. The van der Waals surface area contributed by atoms with Gasteiger partial charge in [0.15, 0.2) is 5.82 Å². The van der Waals surface area contributed by atoms with E-state index in [9.17, 15) is 0 Å². The molecule has 0 spiro atoms. The molecular formula is C16H27N3O. The molecule has 3 rings (SSSR count). The van der Waals surface area contributed by atoms with Crippen LogP contribution in [0.1, 0.15) is 82.3 Å². The highest BCUT2D eigenvalue weighted by Gasteiger charge is 2.31. The fourth-order valence-electron chi connectivity index (χ4n) is 3.91. The summed E-state index contributed by atoms with van der Waals surface area (Å²) < 4.78 is 5.48. The molecule has 4 nitrogen and oxygen atoms in total. The largest absolute Gasteiger partial charge is 0.339 e. The first-order valence-corrected chi connectivity index (χ1v) is 8.26. The second-order valence-electron chi connectivity index (χ2n) is 7.11. The van der Waals surface area contributed by atoms with Crippen LogP contribution in [0.15, 0.2) is 4.52 Å². The van der Waals surface area contributed by atoms with Gasteiger partial charge < -0.3 is 10.3 Å². The van der Waals surface area contributed by atoms with Crippen LogP contribution in [0.25, 0.3) is 0 Å². The molecular weight excluding hydrogens is 250 g/mol. The Balaban J connectivity index is 1.64. The maximum absolute atomic E-state index is 6.47. The predicted molar refractivity (Wildman–Crippen MR) is 78.4 cm³/mol. The summed E-state index contributed by atoms with van der Waals surface area (Å²) in [6, 6.07) is 0. The van der Waals surface area contributed by atoms with Gasteiger partial charge in [0.2, 0.25) is 5.89 Å². The second kappa shape index (κ2) is 5.84. The smallest absolute Gasteiger partial charge is 0.228 e. The number of aromatic nitrogens is 2. The minimum atomic E-state index is -0.109. The SMILES string of the molecule is CC1CCCC(c2noc(CC3(N)CCCCC3)n2)C1. The molecule has 0 aromatic carbocycles. The number of rotatable bonds is 3. The number of nitrogens with zero attached hydrogens (tertiary/aromatic N) is 2. The molecule has 0 saturated heterocycles. The van der Waals surface area contributed by atoms with E-state index in [0.717, 1.165) is 36.9 Å². The molecule has 0 aliphatic heterocycles. The van der Waals surface area contributed by atoms with Gasteiger partial charge >= 0.3 is 0 Å². The molecule has 112 valence electrons. The van der Waals surface area contributed by atoms with Crippen LogP contribution in [-0.2, 0) is 6.42 Å². The Bertz CT molecular complexity index is 437. The molecule has 1 aromatic heterocycles. The summed E-state index contributed by atoms with van der Waals surface area (Å²) in [6.07, 6.45) is 11.7. The fraction of sp³-hybridized carbons (Fsp3) is 0.875. The van der Waals surface area contributed by atoms with Gasteiger partial charge in [-0.25, -0.2) is 0 Å². The number of nitrogens with two attached hydrogens (primary N) is 1. The Hall–Kier alpha value is -0.900. The minimum Gasteiger partial charge on any atom is -0.339 e. The standard InChI is InChI=1S/C16H27N3O/c1-12-6-5-7-13(10-12)15-18-14(20-19-15)11-16(17)8-3-2-4-9-16/h12-13H,2-11,17H2,1H3. The van der Waals surface area contributed by atoms with E-state index < -0.39 is 0 Å². The van der Waals surface area contributed by atoms with Crippen molar-refractivity contribution in [1.82, 2.24) is 10.1 Å². The molecule has 0 amide bonds. The monoisotopic (exact) mass is 277 g/mol. The molecule has 1 heterocycles. The average Bonchev–Trinajstić information content (AvgIpc) is 2.87. The van der Waals surface area contributed by atoms with Crippen molar-refractivity contribution in [2.75, 3.05) is 0 Å². The summed E-state index contributed by atoms with van der Waals surface area (Å²) in [5.41, 5.74) is 6.36. The van der Waals surface area contributed by atoms with Crippen molar-refractivity contribution < 1.29 is 4.52 Å². The number of hydrogen-bond donors (Lipinski definition) is 1. The van der Waals surface area contributed by atoms with Gasteiger partial charge in [-0.2, -0.15) is 4.98 Å². The Morgan fingerprint density at radius 2 is 2.00 bits per heavy atom. The zero-order valence-electron chi connectivity index (χ0n) is 12.6. The highest BCUT2D eigenvalue weighted by Crippen LogP contribution is 2.35. The zero-order chi connectivity index (χ0) is 14.0. The lowest BCUT2D eigenvalue weighted by Crippen LogP contribution is -2.43. The van der Waals surface area contributed by atoms with Crippen molar-refractivity contribution in [1.29, 1.82) is 0 Å². The highest BCUT2D eigenvalue weighted by atomic mass is 16.5. The summed E-state index contributed by atoms with van der Waals surface area (Å²) in [7, 11) is 0. The molecule has 1 aromatic rings. The van der Waals surface area contributed by atoms with Crippen molar-refractivity contribution >= 4 is 0 Å². The first-order chi connectivity index (χ1) is 9.65. The van der Waals surface area contributed by atoms with E-state index in [1.807, 2.05) is 0 Å². The molecule has 0 bridgehead atoms. The average molecular weight is 277 g/mol. The third-order valence-electron chi connectivity index (χ3n) is 5.14. The summed E-state index contributed by atoms with van der Waals surface area (Å²) in [5.74, 6) is 2.96. The Labute approximate surface area is 121 Å². The molecule has 20 heavy (non-hydrogen) atoms. The van der Waals surface area contributed by atoms with Crippen LogP contribution < -0.4 is 5.73 Å². The van der Waals surface area contributed by atoms with E-state index in [-0.39, 0.29) is 5.54 Å². The zero-order valence-corrected chi connectivity index (χ0v) is 12.6. The molecule has 2 saturated carbocycles. The molecule has 2 fully saturated rings. The molecule has 2 atom stereocenters. The van der Waals surface area contributed by atoms with Gasteiger partial charge in [-0.1, -0.05) is 44.2 Å². The normalized spacial score (nSPS) is 30.3. The summed E-state index contributed by atoms with van der Waals surface area (Å²) in [6.45, 7) is 2.32. The predicted octanol–water partition coefficient (Wildman–Crippen LogP) is 3.57. The van der Waals surface area contributed by atoms with E-state index >= 15 is 0 Å². The van der Waals surface area contributed by atoms with Gasteiger partial charge in [0, 0.05) is 17.9 Å². The van der Waals surface area contributed by atoms with Crippen LogP contribution in [0, 0.1) is 5.92 Å². The van der Waals surface area contributed by atoms with Crippen molar-refractivity contribution in [3.8, 4) is 0 Å². The van der Waals surface area contributed by atoms with Crippen LogP contribution >= 0.6 is 0 Å². The first-order valence-electron chi connectivity index (χ1n) is 8.26. The third kappa shape index (κ3) is 3.22. The molecule has 2 N–H and O–H groups in total. The molecule has 2 unspecified atom stereocenters.